The van der Waals surface area contributed by atoms with Gasteiger partial charge in [0.05, 0.1) is 0 Å². The molecule has 0 fully saturated rings. The van der Waals surface area contributed by atoms with Gasteiger partial charge in [0.15, 0.2) is 5.78 Å². The molecule has 8 heavy (non-hydrogen) atoms. The first-order valence-corrected chi connectivity index (χ1v) is 2.78. The second-order valence-electron chi connectivity index (χ2n) is 2.82. The van der Waals surface area contributed by atoms with Crippen molar-refractivity contribution in [3.63, 3.8) is 0 Å². The summed E-state index contributed by atoms with van der Waals surface area (Å²) in [5, 5.41) is 0. The van der Waals surface area contributed by atoms with Gasteiger partial charge in [-0.3, -0.25) is 4.79 Å². The summed E-state index contributed by atoms with van der Waals surface area (Å²) in [6, 6.07) is 0. The van der Waals surface area contributed by atoms with Crippen molar-refractivity contribution < 1.29 is 4.79 Å². The van der Waals surface area contributed by atoms with Crippen molar-refractivity contribution in [2.24, 2.45) is 5.41 Å². The molecule has 0 aromatic rings. The van der Waals surface area contributed by atoms with E-state index in [1.165, 1.54) is 5.57 Å². The summed E-state index contributed by atoms with van der Waals surface area (Å²) in [6.07, 6.45) is 1.69. The minimum atomic E-state index is -0.139. The van der Waals surface area contributed by atoms with Gasteiger partial charge in [-0.1, -0.05) is 5.57 Å². The largest absolute Gasteiger partial charge is 0.294 e. The van der Waals surface area contributed by atoms with Crippen LogP contribution in [0.1, 0.15) is 20.8 Å². The Kier molecular flexibility index (Phi) is 0.844. The lowest BCUT2D eigenvalue weighted by Crippen LogP contribution is -2.32. The molecule has 1 rings (SSSR count). The van der Waals surface area contributed by atoms with E-state index in [1.807, 2.05) is 20.8 Å². The molecule has 44 valence electrons. The van der Waals surface area contributed by atoms with Crippen molar-refractivity contribution in [2.45, 2.75) is 20.8 Å². The number of rotatable bonds is 0. The van der Waals surface area contributed by atoms with Gasteiger partial charge in [0, 0.05) is 5.41 Å². The average Bonchev–Trinajstić information content (AvgIpc) is 1.68. The molecule has 0 saturated heterocycles. The number of carbonyl (C=O) groups is 1. The summed E-state index contributed by atoms with van der Waals surface area (Å²) < 4.78 is 0. The first-order valence-electron chi connectivity index (χ1n) is 2.78. The SMILES string of the molecule is CC1=CC(=O)C1(C)C. The van der Waals surface area contributed by atoms with E-state index in [0.29, 0.717) is 0 Å². The zero-order chi connectivity index (χ0) is 6.36. The number of hydrogen-bond donors (Lipinski definition) is 0. The van der Waals surface area contributed by atoms with Crippen LogP contribution in [-0.2, 0) is 4.79 Å². The normalized spacial score (nSPS) is 24.4. The number of hydrogen-bond acceptors (Lipinski definition) is 1. The Balaban J connectivity index is 2.93. The van der Waals surface area contributed by atoms with Crippen molar-refractivity contribution >= 4 is 5.78 Å². The van der Waals surface area contributed by atoms with Crippen LogP contribution < -0.4 is 0 Å². The lowest BCUT2D eigenvalue weighted by atomic mass is 9.72. The van der Waals surface area contributed by atoms with Gasteiger partial charge >= 0.3 is 0 Å². The summed E-state index contributed by atoms with van der Waals surface area (Å²) in [7, 11) is 0. The van der Waals surface area contributed by atoms with Gasteiger partial charge in [-0.05, 0) is 26.8 Å². The van der Waals surface area contributed by atoms with Gasteiger partial charge < -0.3 is 0 Å². The van der Waals surface area contributed by atoms with Crippen LogP contribution in [0.15, 0.2) is 11.6 Å². The minimum Gasteiger partial charge on any atom is -0.294 e. The highest BCUT2D eigenvalue weighted by atomic mass is 16.1. The Morgan fingerprint density at radius 2 is 2.00 bits per heavy atom. The van der Waals surface area contributed by atoms with Crippen LogP contribution in [0.3, 0.4) is 0 Å². The van der Waals surface area contributed by atoms with E-state index in [4.69, 9.17) is 0 Å². The van der Waals surface area contributed by atoms with Crippen LogP contribution in [0.25, 0.3) is 0 Å². The van der Waals surface area contributed by atoms with Gasteiger partial charge in [0.2, 0.25) is 0 Å². The van der Waals surface area contributed by atoms with Gasteiger partial charge in [-0.25, -0.2) is 0 Å². The highest BCUT2D eigenvalue weighted by molar-refractivity contribution is 6.04. The van der Waals surface area contributed by atoms with E-state index in [9.17, 15) is 4.79 Å². The Morgan fingerprint density at radius 1 is 1.50 bits per heavy atom. The Bertz CT molecular complexity index is 163. The second kappa shape index (κ2) is 1.22. The predicted octanol–water partition coefficient (Wildman–Crippen LogP) is 1.54. The van der Waals surface area contributed by atoms with Gasteiger partial charge in [-0.15, -0.1) is 0 Å². The van der Waals surface area contributed by atoms with Gasteiger partial charge in [-0.2, -0.15) is 0 Å². The molecule has 0 aromatic heterocycles. The summed E-state index contributed by atoms with van der Waals surface area (Å²) in [6.45, 7) is 5.89. The van der Waals surface area contributed by atoms with E-state index < -0.39 is 0 Å². The number of carbonyl (C=O) groups excluding carboxylic acids is 1. The summed E-state index contributed by atoms with van der Waals surface area (Å²) in [5.74, 6) is 0.259. The molecule has 0 aliphatic heterocycles. The molecular weight excluding hydrogens is 100 g/mol. The van der Waals surface area contributed by atoms with Crippen LogP contribution in [0.2, 0.25) is 0 Å². The molecule has 0 radical (unpaired) electrons. The lowest BCUT2D eigenvalue weighted by molar-refractivity contribution is -0.122. The number of ketones is 1. The van der Waals surface area contributed by atoms with E-state index in [2.05, 4.69) is 0 Å². The molecule has 0 atom stereocenters. The van der Waals surface area contributed by atoms with Crippen LogP contribution in [0.4, 0.5) is 0 Å². The molecular formula is C7H10O. The molecule has 0 spiro atoms. The number of allylic oxidation sites excluding steroid dienone is 2. The van der Waals surface area contributed by atoms with Crippen LogP contribution in [0, 0.1) is 5.41 Å². The molecule has 0 N–H and O–H groups in total. The van der Waals surface area contributed by atoms with Crippen molar-refractivity contribution in [3.05, 3.63) is 11.6 Å². The van der Waals surface area contributed by atoms with Crippen LogP contribution >= 0.6 is 0 Å². The Morgan fingerprint density at radius 3 is 2.00 bits per heavy atom. The molecule has 1 heteroatoms. The van der Waals surface area contributed by atoms with E-state index >= 15 is 0 Å². The summed E-state index contributed by atoms with van der Waals surface area (Å²) >= 11 is 0. The third-order valence-electron chi connectivity index (χ3n) is 1.95. The molecule has 0 unspecified atom stereocenters. The molecule has 0 amide bonds. The fourth-order valence-corrected chi connectivity index (χ4v) is 0.674. The summed E-state index contributed by atoms with van der Waals surface area (Å²) in [5.41, 5.74) is 1.06. The molecule has 1 nitrogen and oxygen atoms in total. The Hall–Kier alpha value is -0.590. The van der Waals surface area contributed by atoms with Crippen molar-refractivity contribution in [1.29, 1.82) is 0 Å². The quantitative estimate of drug-likeness (QED) is 0.462. The van der Waals surface area contributed by atoms with E-state index in [1.54, 1.807) is 6.08 Å². The average molecular weight is 110 g/mol. The molecule has 0 aromatic carbocycles. The second-order valence-corrected chi connectivity index (χ2v) is 2.82. The van der Waals surface area contributed by atoms with Crippen molar-refractivity contribution in [3.8, 4) is 0 Å². The maximum atomic E-state index is 10.7. The first kappa shape index (κ1) is 5.54. The fourth-order valence-electron chi connectivity index (χ4n) is 0.674. The van der Waals surface area contributed by atoms with Crippen LogP contribution in [-0.4, -0.2) is 5.78 Å². The van der Waals surface area contributed by atoms with E-state index in [-0.39, 0.29) is 11.2 Å². The molecule has 1 aliphatic rings. The molecule has 0 saturated carbocycles. The minimum absolute atomic E-state index is 0.139. The highest BCUT2D eigenvalue weighted by Gasteiger charge is 2.35. The zero-order valence-electron chi connectivity index (χ0n) is 5.49. The third-order valence-corrected chi connectivity index (χ3v) is 1.95. The van der Waals surface area contributed by atoms with Crippen molar-refractivity contribution in [2.75, 3.05) is 0 Å². The van der Waals surface area contributed by atoms with Crippen LogP contribution in [0.5, 0.6) is 0 Å². The standard InChI is InChI=1S/C7H10O/c1-5-4-6(8)7(5,2)3/h4H,1-3H3. The first-order chi connectivity index (χ1) is 3.55. The van der Waals surface area contributed by atoms with E-state index in [0.717, 1.165) is 0 Å². The zero-order valence-corrected chi connectivity index (χ0v) is 5.49. The third kappa shape index (κ3) is 0.443. The smallest absolute Gasteiger partial charge is 0.165 e. The van der Waals surface area contributed by atoms with Crippen molar-refractivity contribution in [1.82, 2.24) is 0 Å². The Labute approximate surface area is 49.4 Å². The molecule has 1 aliphatic carbocycles. The predicted molar refractivity (Wildman–Crippen MR) is 32.5 cm³/mol. The maximum absolute atomic E-state index is 10.7. The molecule has 0 heterocycles. The molecule has 0 bridgehead atoms. The van der Waals surface area contributed by atoms with Gasteiger partial charge in [0.25, 0.3) is 0 Å². The maximum Gasteiger partial charge on any atom is 0.165 e. The topological polar surface area (TPSA) is 17.1 Å². The highest BCUT2D eigenvalue weighted by Crippen LogP contribution is 2.35. The monoisotopic (exact) mass is 110 g/mol. The fraction of sp³-hybridized carbons (Fsp3) is 0.571. The summed E-state index contributed by atoms with van der Waals surface area (Å²) in [4.78, 5) is 10.7. The lowest BCUT2D eigenvalue weighted by Gasteiger charge is -2.30. The van der Waals surface area contributed by atoms with Gasteiger partial charge in [0.1, 0.15) is 0 Å².